The minimum absolute atomic E-state index is 0.113. The van der Waals surface area contributed by atoms with Crippen LogP contribution in [0.25, 0.3) is 0 Å². The van der Waals surface area contributed by atoms with E-state index in [0.717, 1.165) is 43.5 Å². The van der Waals surface area contributed by atoms with Crippen molar-refractivity contribution in [2.45, 2.75) is 63.5 Å². The van der Waals surface area contributed by atoms with Gasteiger partial charge in [-0.25, -0.2) is 0 Å². The van der Waals surface area contributed by atoms with Gasteiger partial charge in [0.15, 0.2) is 5.17 Å². The minimum Gasteiger partial charge on any atom is -0.326 e. The fourth-order valence-corrected chi connectivity index (χ4v) is 4.06. The topological polar surface area (TPSA) is 82.9 Å². The third-order valence-electron chi connectivity index (χ3n) is 4.76. The number of amides is 2. The van der Waals surface area contributed by atoms with E-state index in [1.165, 1.54) is 30.2 Å². The zero-order valence-electron chi connectivity index (χ0n) is 15.7. The fourth-order valence-electron chi connectivity index (χ4n) is 3.14. The first-order valence-corrected chi connectivity index (χ1v) is 10.5. The molecule has 0 radical (unpaired) electrons. The van der Waals surface area contributed by atoms with Crippen LogP contribution in [0.3, 0.4) is 0 Å². The second kappa shape index (κ2) is 9.69. The number of benzene rings is 1. The van der Waals surface area contributed by atoms with Gasteiger partial charge in [-0.2, -0.15) is 5.10 Å². The van der Waals surface area contributed by atoms with Gasteiger partial charge in [-0.3, -0.25) is 9.59 Å². The summed E-state index contributed by atoms with van der Waals surface area (Å²) in [5.41, 5.74) is 3.07. The number of nitrogens with one attached hydrogen (secondary N) is 2. The van der Waals surface area contributed by atoms with Crippen molar-refractivity contribution in [1.29, 1.82) is 0 Å². The maximum absolute atomic E-state index is 12.2. The third kappa shape index (κ3) is 5.92. The molecule has 2 amide bonds. The monoisotopic (exact) mass is 386 g/mol. The molecular formula is C20H26N4O2S. The molecule has 1 aromatic rings. The minimum atomic E-state index is -0.465. The zero-order chi connectivity index (χ0) is 19.1. The van der Waals surface area contributed by atoms with Gasteiger partial charge in [-0.05, 0) is 49.8 Å². The van der Waals surface area contributed by atoms with E-state index in [9.17, 15) is 9.59 Å². The molecule has 1 atom stereocenters. The number of carbonyl (C=O) groups excluding carboxylic acids is 2. The first-order chi connectivity index (χ1) is 13.1. The van der Waals surface area contributed by atoms with Crippen LogP contribution in [-0.2, 0) is 16.0 Å². The van der Waals surface area contributed by atoms with Crippen molar-refractivity contribution in [3.8, 4) is 0 Å². The molecule has 1 aromatic carbocycles. The number of hydrogen-bond donors (Lipinski definition) is 2. The van der Waals surface area contributed by atoms with E-state index >= 15 is 0 Å². The lowest BCUT2D eigenvalue weighted by molar-refractivity contribution is -0.122. The number of thioether (sulfide) groups is 1. The lowest BCUT2D eigenvalue weighted by Crippen LogP contribution is -2.28. The van der Waals surface area contributed by atoms with Gasteiger partial charge in [0, 0.05) is 17.8 Å². The van der Waals surface area contributed by atoms with Crippen LogP contribution in [0.15, 0.2) is 34.5 Å². The molecule has 27 heavy (non-hydrogen) atoms. The van der Waals surface area contributed by atoms with E-state index in [4.69, 9.17) is 0 Å². The Bertz CT molecular complexity index is 733. The van der Waals surface area contributed by atoms with Crippen molar-refractivity contribution in [3.05, 3.63) is 29.8 Å². The summed E-state index contributed by atoms with van der Waals surface area (Å²) in [7, 11) is 0. The van der Waals surface area contributed by atoms with Crippen molar-refractivity contribution < 1.29 is 9.59 Å². The molecule has 2 fully saturated rings. The number of hydrogen-bond acceptors (Lipinski definition) is 5. The lowest BCUT2D eigenvalue weighted by Gasteiger charge is -2.08. The summed E-state index contributed by atoms with van der Waals surface area (Å²) in [5.74, 6) is -0.362. The molecule has 0 spiro atoms. The molecule has 0 bridgehead atoms. The molecule has 144 valence electrons. The predicted molar refractivity (Wildman–Crippen MR) is 111 cm³/mol. The van der Waals surface area contributed by atoms with Gasteiger partial charge in [0.05, 0.1) is 0 Å². The maximum atomic E-state index is 12.2. The van der Waals surface area contributed by atoms with Crippen LogP contribution in [0, 0.1) is 0 Å². The van der Waals surface area contributed by atoms with E-state index in [1.54, 1.807) is 0 Å². The van der Waals surface area contributed by atoms with Gasteiger partial charge in [-0.1, -0.05) is 43.7 Å². The Hall–Kier alpha value is -2.15. The summed E-state index contributed by atoms with van der Waals surface area (Å²) in [6, 6.07) is 7.75. The number of anilines is 1. The zero-order valence-corrected chi connectivity index (χ0v) is 16.5. The molecule has 1 heterocycles. The van der Waals surface area contributed by atoms with Crippen molar-refractivity contribution in [1.82, 2.24) is 5.32 Å². The van der Waals surface area contributed by atoms with Crippen LogP contribution >= 0.6 is 11.8 Å². The van der Waals surface area contributed by atoms with Gasteiger partial charge in [0.25, 0.3) is 0 Å². The van der Waals surface area contributed by atoms with Gasteiger partial charge in [0.1, 0.15) is 5.25 Å². The SMILES string of the molecule is CCc1ccc(NC(=O)C[C@H]2S/C(=N/N=C3CCCCCC3)NC2=O)cc1. The molecule has 6 nitrogen and oxygen atoms in total. The third-order valence-corrected chi connectivity index (χ3v) is 5.83. The second-order valence-corrected chi connectivity index (χ2v) is 8.08. The Morgan fingerprint density at radius 3 is 2.52 bits per heavy atom. The van der Waals surface area contributed by atoms with Gasteiger partial charge >= 0.3 is 0 Å². The Balaban J connectivity index is 1.52. The number of carbonyl (C=O) groups is 2. The van der Waals surface area contributed by atoms with Crippen LogP contribution in [0.5, 0.6) is 0 Å². The molecule has 0 unspecified atom stereocenters. The number of nitrogens with zero attached hydrogens (tertiary/aromatic N) is 2. The van der Waals surface area contributed by atoms with Gasteiger partial charge < -0.3 is 10.6 Å². The highest BCUT2D eigenvalue weighted by Crippen LogP contribution is 2.24. The molecular weight excluding hydrogens is 360 g/mol. The van der Waals surface area contributed by atoms with Crippen molar-refractivity contribution >= 4 is 40.1 Å². The second-order valence-electron chi connectivity index (χ2n) is 6.88. The quantitative estimate of drug-likeness (QED) is 0.595. The van der Waals surface area contributed by atoms with Gasteiger partial charge in [0.2, 0.25) is 11.8 Å². The van der Waals surface area contributed by atoms with Crippen LogP contribution in [0.4, 0.5) is 5.69 Å². The number of rotatable bonds is 5. The summed E-state index contributed by atoms with van der Waals surface area (Å²) < 4.78 is 0. The first-order valence-electron chi connectivity index (χ1n) is 9.63. The summed E-state index contributed by atoms with van der Waals surface area (Å²) in [5, 5.41) is 14.1. The van der Waals surface area contributed by atoms with Gasteiger partial charge in [-0.15, -0.1) is 5.10 Å². The van der Waals surface area contributed by atoms with Crippen LogP contribution in [0.2, 0.25) is 0 Å². The Morgan fingerprint density at radius 2 is 1.85 bits per heavy atom. The van der Waals surface area contributed by atoms with E-state index in [2.05, 4.69) is 27.8 Å². The smallest absolute Gasteiger partial charge is 0.240 e. The predicted octanol–water partition coefficient (Wildman–Crippen LogP) is 3.88. The molecule has 7 heteroatoms. The summed E-state index contributed by atoms with van der Waals surface area (Å²) in [6.07, 6.45) is 7.85. The summed E-state index contributed by atoms with van der Waals surface area (Å²) >= 11 is 1.28. The number of aryl methyl sites for hydroxylation is 1. The van der Waals surface area contributed by atoms with E-state index in [1.807, 2.05) is 24.3 Å². The summed E-state index contributed by atoms with van der Waals surface area (Å²) in [6.45, 7) is 2.09. The lowest BCUT2D eigenvalue weighted by atomic mass is 10.1. The van der Waals surface area contributed by atoms with E-state index in [0.29, 0.717) is 5.17 Å². The normalized spacial score (nSPS) is 21.7. The Morgan fingerprint density at radius 1 is 1.15 bits per heavy atom. The fraction of sp³-hybridized carbons (Fsp3) is 0.500. The average Bonchev–Trinajstić information content (AvgIpc) is 2.86. The van der Waals surface area contributed by atoms with E-state index < -0.39 is 5.25 Å². The molecule has 2 N–H and O–H groups in total. The molecule has 2 aliphatic rings. The molecule has 1 saturated carbocycles. The molecule has 1 aliphatic carbocycles. The van der Waals surface area contributed by atoms with Crippen molar-refractivity contribution in [3.63, 3.8) is 0 Å². The largest absolute Gasteiger partial charge is 0.326 e. The highest BCUT2D eigenvalue weighted by atomic mass is 32.2. The van der Waals surface area contributed by atoms with E-state index in [-0.39, 0.29) is 18.2 Å². The van der Waals surface area contributed by atoms with Crippen molar-refractivity contribution in [2.75, 3.05) is 5.32 Å². The number of amidine groups is 1. The highest BCUT2D eigenvalue weighted by Gasteiger charge is 2.32. The standard InChI is InChI=1S/C20H26N4O2S/c1-2-14-9-11-15(12-10-14)21-18(25)13-17-19(26)22-20(27-17)24-23-16-7-5-3-4-6-8-16/h9-12,17H,2-8,13H2,1H3,(H,21,25)(H,22,24,26)/t17-/m1/s1. The van der Waals surface area contributed by atoms with Crippen molar-refractivity contribution in [2.24, 2.45) is 10.2 Å². The Kier molecular flexibility index (Phi) is 7.04. The van der Waals surface area contributed by atoms with Crippen LogP contribution in [-0.4, -0.2) is 27.9 Å². The molecule has 0 aromatic heterocycles. The molecule has 1 aliphatic heterocycles. The Labute approximate surface area is 164 Å². The van der Waals surface area contributed by atoms with Crippen LogP contribution in [0.1, 0.15) is 57.4 Å². The first kappa shape index (κ1) is 19.6. The molecule has 3 rings (SSSR count). The maximum Gasteiger partial charge on any atom is 0.240 e. The average molecular weight is 387 g/mol. The summed E-state index contributed by atoms with van der Waals surface area (Å²) in [4.78, 5) is 24.4. The van der Waals surface area contributed by atoms with Crippen LogP contribution < -0.4 is 10.6 Å². The highest BCUT2D eigenvalue weighted by molar-refractivity contribution is 8.15. The molecule has 1 saturated heterocycles.